The molecule has 3 heterocycles. The predicted octanol–water partition coefficient (Wildman–Crippen LogP) is 3.83. The molecule has 1 fully saturated rings. The number of benzene rings is 1. The normalized spacial score (nSPS) is 30.8. The lowest BCUT2D eigenvalue weighted by Crippen LogP contribution is -2.65. The summed E-state index contributed by atoms with van der Waals surface area (Å²) in [6, 6.07) is 10.4. The summed E-state index contributed by atoms with van der Waals surface area (Å²) >= 11 is 6.87. The van der Waals surface area contributed by atoms with Crippen LogP contribution in [0.25, 0.3) is 10.9 Å². The van der Waals surface area contributed by atoms with Crippen LogP contribution in [0.3, 0.4) is 0 Å². The van der Waals surface area contributed by atoms with Gasteiger partial charge in [0.05, 0.1) is 13.2 Å². The van der Waals surface area contributed by atoms with Gasteiger partial charge in [0.25, 0.3) is 0 Å². The van der Waals surface area contributed by atoms with Crippen LogP contribution in [0, 0.1) is 5.41 Å². The van der Waals surface area contributed by atoms with E-state index in [0.717, 1.165) is 26.1 Å². The first-order valence-corrected chi connectivity index (χ1v) is 9.64. The van der Waals surface area contributed by atoms with Crippen LogP contribution in [0.2, 0.25) is 0 Å². The summed E-state index contributed by atoms with van der Waals surface area (Å²) in [4.78, 5) is 13.8. The highest BCUT2D eigenvalue weighted by atomic mass is 35.5. The second kappa shape index (κ2) is 6.43. The van der Waals surface area contributed by atoms with Gasteiger partial charge in [-0.25, -0.2) is 0 Å². The van der Waals surface area contributed by atoms with Crippen molar-refractivity contribution in [3.63, 3.8) is 0 Å². The molecule has 1 aliphatic carbocycles. The second-order valence-electron chi connectivity index (χ2n) is 7.59. The van der Waals surface area contributed by atoms with Crippen molar-refractivity contribution in [3.05, 3.63) is 48.7 Å². The fourth-order valence-corrected chi connectivity index (χ4v) is 5.21. The summed E-state index contributed by atoms with van der Waals surface area (Å²) in [5, 5.41) is 1.25. The van der Waals surface area contributed by atoms with Gasteiger partial charge >= 0.3 is 5.97 Å². The topological polar surface area (TPSA) is 34.5 Å². The highest BCUT2D eigenvalue weighted by molar-refractivity contribution is 6.35. The zero-order chi connectivity index (χ0) is 18.4. The monoisotopic (exact) mass is 372 g/mol. The number of hydrogen-bond donors (Lipinski definition) is 0. The molecule has 2 aliphatic heterocycles. The van der Waals surface area contributed by atoms with Crippen molar-refractivity contribution in [3.8, 4) is 0 Å². The van der Waals surface area contributed by atoms with E-state index in [2.05, 4.69) is 65.1 Å². The van der Waals surface area contributed by atoms with Gasteiger partial charge in [-0.2, -0.15) is 0 Å². The third-order valence-corrected chi connectivity index (χ3v) is 6.67. The van der Waals surface area contributed by atoms with Gasteiger partial charge in [-0.3, -0.25) is 9.69 Å². The molecule has 1 aromatic heterocycles. The van der Waals surface area contributed by atoms with Crippen LogP contribution in [-0.4, -0.2) is 46.6 Å². The number of alkyl halides is 1. The Kier molecular flexibility index (Phi) is 4.36. The van der Waals surface area contributed by atoms with E-state index in [-0.39, 0.29) is 17.4 Å². The third kappa shape index (κ3) is 2.67. The second-order valence-corrected chi connectivity index (χ2v) is 8.26. The molecule has 5 heteroatoms. The van der Waals surface area contributed by atoms with Crippen molar-refractivity contribution in [1.82, 2.24) is 9.47 Å². The number of para-hydroxylation sites is 1. The molecule has 2 aromatic rings. The molecule has 5 rings (SSSR count). The molecule has 3 aliphatic rings. The first-order chi connectivity index (χ1) is 12.5. The summed E-state index contributed by atoms with van der Waals surface area (Å²) < 4.78 is 7.33. The van der Waals surface area contributed by atoms with Gasteiger partial charge in [0.2, 0.25) is 0 Å². The number of esters is 1. The molecule has 3 unspecified atom stereocenters. The van der Waals surface area contributed by atoms with Crippen LogP contribution in [-0.2, 0) is 16.1 Å². The van der Waals surface area contributed by atoms with Crippen molar-refractivity contribution in [2.45, 2.75) is 37.2 Å². The molecule has 0 spiro atoms. The van der Waals surface area contributed by atoms with Gasteiger partial charge in [0.15, 0.2) is 4.87 Å². The standard InChI is InChI=1S/C21H25ClN2O2/c1-3-20-10-8-18(21(22,14-20)19(25)26-2)24(15-20)13-12-23-11-9-16-6-4-5-7-17(16)23/h4-11,18H,3,12-15H2,1-2H3. The van der Waals surface area contributed by atoms with Gasteiger partial charge in [-0.15, -0.1) is 11.6 Å². The predicted molar refractivity (Wildman–Crippen MR) is 104 cm³/mol. The van der Waals surface area contributed by atoms with Crippen molar-refractivity contribution >= 4 is 28.5 Å². The lowest BCUT2D eigenvalue weighted by atomic mass is 9.65. The zero-order valence-corrected chi connectivity index (χ0v) is 16.1. The van der Waals surface area contributed by atoms with E-state index in [1.807, 2.05) is 0 Å². The minimum absolute atomic E-state index is 0.0521. The van der Waals surface area contributed by atoms with Crippen molar-refractivity contribution in [1.29, 1.82) is 0 Å². The molecule has 4 nitrogen and oxygen atoms in total. The summed E-state index contributed by atoms with van der Waals surface area (Å²) in [5.41, 5.74) is 1.18. The van der Waals surface area contributed by atoms with Crippen LogP contribution >= 0.6 is 11.6 Å². The average Bonchev–Trinajstić information content (AvgIpc) is 3.09. The van der Waals surface area contributed by atoms with E-state index < -0.39 is 4.87 Å². The minimum atomic E-state index is -0.990. The minimum Gasteiger partial charge on any atom is -0.468 e. The van der Waals surface area contributed by atoms with E-state index in [0.29, 0.717) is 6.42 Å². The number of methoxy groups -OCH3 is 1. The van der Waals surface area contributed by atoms with Crippen LogP contribution in [0.5, 0.6) is 0 Å². The summed E-state index contributed by atoms with van der Waals surface area (Å²) in [7, 11) is 1.42. The van der Waals surface area contributed by atoms with Gasteiger partial charge in [0.1, 0.15) is 0 Å². The molecular formula is C21H25ClN2O2. The number of halogens is 1. The summed E-state index contributed by atoms with van der Waals surface area (Å²) in [6.07, 6.45) is 8.13. The molecule has 1 aromatic carbocycles. The van der Waals surface area contributed by atoms with E-state index in [9.17, 15) is 4.79 Å². The lowest BCUT2D eigenvalue weighted by Gasteiger charge is -2.55. The fourth-order valence-electron chi connectivity index (χ4n) is 4.65. The van der Waals surface area contributed by atoms with Gasteiger partial charge < -0.3 is 9.30 Å². The van der Waals surface area contributed by atoms with Crippen LogP contribution in [0.4, 0.5) is 0 Å². The summed E-state index contributed by atoms with van der Waals surface area (Å²) in [6.45, 7) is 4.82. The summed E-state index contributed by atoms with van der Waals surface area (Å²) in [5.74, 6) is -0.317. The molecule has 0 saturated carbocycles. The Labute approximate surface area is 159 Å². The Bertz CT molecular complexity index is 861. The molecule has 0 N–H and O–H groups in total. The number of ether oxygens (including phenoxy) is 1. The van der Waals surface area contributed by atoms with E-state index >= 15 is 0 Å². The van der Waals surface area contributed by atoms with Crippen molar-refractivity contribution in [2.75, 3.05) is 20.2 Å². The maximum atomic E-state index is 12.5. The fraction of sp³-hybridized carbons (Fsp3) is 0.476. The highest BCUT2D eigenvalue weighted by Crippen LogP contribution is 2.50. The van der Waals surface area contributed by atoms with E-state index in [1.165, 1.54) is 18.0 Å². The van der Waals surface area contributed by atoms with Crippen LogP contribution in [0.1, 0.15) is 19.8 Å². The first-order valence-electron chi connectivity index (χ1n) is 9.26. The molecule has 1 saturated heterocycles. The Morgan fingerprint density at radius 1 is 1.31 bits per heavy atom. The molecule has 0 amide bonds. The number of piperidine rings is 1. The highest BCUT2D eigenvalue weighted by Gasteiger charge is 2.58. The number of aromatic nitrogens is 1. The average molecular weight is 373 g/mol. The lowest BCUT2D eigenvalue weighted by molar-refractivity contribution is -0.149. The Hall–Kier alpha value is -1.78. The SMILES string of the molecule is CCC12C=CC(N(CCn3ccc4ccccc43)C1)C(Cl)(C(=O)OC)C2. The Morgan fingerprint density at radius 2 is 2.12 bits per heavy atom. The quantitative estimate of drug-likeness (QED) is 0.454. The van der Waals surface area contributed by atoms with Gasteiger partial charge in [-0.1, -0.05) is 37.3 Å². The molecule has 138 valence electrons. The third-order valence-electron chi connectivity index (χ3n) is 6.16. The number of carbonyl (C=O) groups excluding carboxylic acids is 1. The van der Waals surface area contributed by atoms with Gasteiger partial charge in [0, 0.05) is 36.8 Å². The molecule has 2 bridgehead atoms. The van der Waals surface area contributed by atoms with Gasteiger partial charge in [-0.05, 0) is 30.4 Å². The number of hydrogen-bond acceptors (Lipinski definition) is 3. The first kappa shape index (κ1) is 17.6. The number of fused-ring (bicyclic) bond motifs is 3. The van der Waals surface area contributed by atoms with Crippen molar-refractivity contribution in [2.24, 2.45) is 5.41 Å². The zero-order valence-electron chi connectivity index (χ0n) is 15.3. The smallest absolute Gasteiger partial charge is 0.328 e. The number of rotatable bonds is 5. The Balaban J connectivity index is 1.58. The maximum absolute atomic E-state index is 12.5. The van der Waals surface area contributed by atoms with E-state index in [1.54, 1.807) is 0 Å². The van der Waals surface area contributed by atoms with Crippen LogP contribution in [0.15, 0.2) is 48.7 Å². The van der Waals surface area contributed by atoms with E-state index in [4.69, 9.17) is 16.3 Å². The van der Waals surface area contributed by atoms with Crippen LogP contribution < -0.4 is 0 Å². The molecule has 0 radical (unpaired) electrons. The number of carbonyl (C=O) groups is 1. The molecule has 26 heavy (non-hydrogen) atoms. The molecular weight excluding hydrogens is 348 g/mol. The Morgan fingerprint density at radius 3 is 2.88 bits per heavy atom. The largest absolute Gasteiger partial charge is 0.468 e. The number of nitrogens with zero attached hydrogens (tertiary/aromatic N) is 2. The molecule has 3 atom stereocenters. The maximum Gasteiger partial charge on any atom is 0.328 e. The van der Waals surface area contributed by atoms with Crippen molar-refractivity contribution < 1.29 is 9.53 Å².